The van der Waals surface area contributed by atoms with Crippen molar-refractivity contribution in [3.8, 4) is 22.8 Å². The molecule has 0 aliphatic carbocycles. The lowest BCUT2D eigenvalue weighted by Crippen LogP contribution is -2.00. The predicted molar refractivity (Wildman–Crippen MR) is 85.8 cm³/mol. The fourth-order valence-corrected chi connectivity index (χ4v) is 2.45. The number of nitrogens with zero attached hydrogens (tertiary/aromatic N) is 3. The van der Waals surface area contributed by atoms with Gasteiger partial charge in [0.15, 0.2) is 5.82 Å². The number of aromatic nitrogens is 3. The van der Waals surface area contributed by atoms with Crippen LogP contribution in [0.2, 0.25) is 0 Å². The van der Waals surface area contributed by atoms with Crippen LogP contribution in [0.3, 0.4) is 0 Å². The molecule has 0 aliphatic rings. The number of halogens is 1. The lowest BCUT2D eigenvalue weighted by molar-refractivity contribution is 0.414. The lowest BCUT2D eigenvalue weighted by Gasteiger charge is -2.09. The maximum atomic E-state index is 5.20. The monoisotopic (exact) mass is 343 g/mol. The summed E-state index contributed by atoms with van der Waals surface area (Å²) in [5, 5.41) is 8.51. The van der Waals surface area contributed by atoms with E-state index in [-0.39, 0.29) is 0 Å². The summed E-state index contributed by atoms with van der Waals surface area (Å²) in [6.07, 6.45) is 0. The maximum Gasteiger partial charge on any atom is 0.168 e. The number of aryl methyl sites for hydroxylation is 1. The molecule has 0 aliphatic heterocycles. The summed E-state index contributed by atoms with van der Waals surface area (Å²) in [5.41, 5.74) is 2.03. The van der Waals surface area contributed by atoms with Crippen molar-refractivity contribution >= 4 is 15.9 Å². The molecule has 0 N–H and O–H groups in total. The van der Waals surface area contributed by atoms with Crippen LogP contribution in [0.1, 0.15) is 5.82 Å². The summed E-state index contributed by atoms with van der Waals surface area (Å²) in [7, 11) is 1.66. The zero-order valence-electron chi connectivity index (χ0n) is 11.7. The van der Waals surface area contributed by atoms with E-state index in [2.05, 4.69) is 26.1 Å². The Hall–Kier alpha value is -2.14. The Morgan fingerprint density at radius 1 is 0.952 bits per heavy atom. The zero-order chi connectivity index (χ0) is 14.8. The van der Waals surface area contributed by atoms with Crippen LogP contribution in [-0.2, 0) is 0 Å². The first kappa shape index (κ1) is 13.8. The Kier molecular flexibility index (Phi) is 3.75. The maximum absolute atomic E-state index is 5.20. The first-order valence-corrected chi connectivity index (χ1v) is 7.31. The summed E-state index contributed by atoms with van der Waals surface area (Å²) in [4.78, 5) is 0. The van der Waals surface area contributed by atoms with Crippen LogP contribution in [0.5, 0.6) is 5.75 Å². The van der Waals surface area contributed by atoms with Gasteiger partial charge < -0.3 is 4.74 Å². The second kappa shape index (κ2) is 5.69. The molecule has 5 heteroatoms. The molecule has 0 spiro atoms. The standard InChI is InChI=1S/C16H14BrN3O/c1-11-18-19-16(12-3-5-13(17)6-4-12)20(11)14-7-9-15(21-2)10-8-14/h3-10H,1-2H3. The van der Waals surface area contributed by atoms with Gasteiger partial charge in [-0.15, -0.1) is 10.2 Å². The molecule has 0 unspecified atom stereocenters. The molecule has 21 heavy (non-hydrogen) atoms. The van der Waals surface area contributed by atoms with Crippen molar-refractivity contribution in [1.82, 2.24) is 14.8 Å². The van der Waals surface area contributed by atoms with Gasteiger partial charge >= 0.3 is 0 Å². The van der Waals surface area contributed by atoms with Crippen molar-refractivity contribution in [2.24, 2.45) is 0 Å². The van der Waals surface area contributed by atoms with E-state index in [1.807, 2.05) is 60.0 Å². The summed E-state index contributed by atoms with van der Waals surface area (Å²) in [5.74, 6) is 2.50. The predicted octanol–water partition coefficient (Wildman–Crippen LogP) is 4.01. The number of methoxy groups -OCH3 is 1. The molecular weight excluding hydrogens is 330 g/mol. The number of ether oxygens (including phenoxy) is 1. The third-order valence-corrected chi connectivity index (χ3v) is 3.79. The minimum atomic E-state index is 0.824. The summed E-state index contributed by atoms with van der Waals surface area (Å²) in [6.45, 7) is 1.94. The fraction of sp³-hybridized carbons (Fsp3) is 0.125. The van der Waals surface area contributed by atoms with Crippen LogP contribution >= 0.6 is 15.9 Å². The third-order valence-electron chi connectivity index (χ3n) is 3.26. The van der Waals surface area contributed by atoms with Crippen molar-refractivity contribution in [1.29, 1.82) is 0 Å². The highest BCUT2D eigenvalue weighted by Crippen LogP contribution is 2.25. The van der Waals surface area contributed by atoms with Crippen LogP contribution in [0.15, 0.2) is 53.0 Å². The van der Waals surface area contributed by atoms with Gasteiger partial charge in [-0.05, 0) is 43.3 Å². The normalized spacial score (nSPS) is 10.6. The van der Waals surface area contributed by atoms with Crippen molar-refractivity contribution in [3.05, 3.63) is 58.8 Å². The van der Waals surface area contributed by atoms with Crippen LogP contribution in [0.4, 0.5) is 0 Å². The van der Waals surface area contributed by atoms with Crippen molar-refractivity contribution in [3.63, 3.8) is 0 Å². The van der Waals surface area contributed by atoms with E-state index in [1.54, 1.807) is 7.11 Å². The molecule has 0 amide bonds. The van der Waals surface area contributed by atoms with E-state index in [0.29, 0.717) is 0 Å². The molecule has 4 nitrogen and oxygen atoms in total. The zero-order valence-corrected chi connectivity index (χ0v) is 13.3. The number of hydrogen-bond acceptors (Lipinski definition) is 3. The molecule has 3 rings (SSSR count). The largest absolute Gasteiger partial charge is 0.497 e. The van der Waals surface area contributed by atoms with Gasteiger partial charge in [0, 0.05) is 15.7 Å². The van der Waals surface area contributed by atoms with Gasteiger partial charge in [0.2, 0.25) is 0 Å². The minimum absolute atomic E-state index is 0.824. The van der Waals surface area contributed by atoms with E-state index < -0.39 is 0 Å². The fourth-order valence-electron chi connectivity index (χ4n) is 2.19. The van der Waals surface area contributed by atoms with Crippen molar-refractivity contribution < 1.29 is 4.74 Å². The smallest absolute Gasteiger partial charge is 0.168 e. The second-order valence-electron chi connectivity index (χ2n) is 4.61. The molecule has 0 saturated heterocycles. The average Bonchev–Trinajstić information content (AvgIpc) is 2.90. The lowest BCUT2D eigenvalue weighted by atomic mass is 10.2. The minimum Gasteiger partial charge on any atom is -0.497 e. The van der Waals surface area contributed by atoms with Gasteiger partial charge in [-0.1, -0.05) is 28.1 Å². The quantitative estimate of drug-likeness (QED) is 0.721. The molecular formula is C16H14BrN3O. The molecule has 0 bridgehead atoms. The summed E-state index contributed by atoms with van der Waals surface area (Å²) in [6, 6.07) is 15.9. The van der Waals surface area contributed by atoms with E-state index in [4.69, 9.17) is 4.74 Å². The van der Waals surface area contributed by atoms with Crippen molar-refractivity contribution in [2.45, 2.75) is 6.92 Å². The molecule has 0 atom stereocenters. The van der Waals surface area contributed by atoms with Gasteiger partial charge in [-0.25, -0.2) is 0 Å². The van der Waals surface area contributed by atoms with Gasteiger partial charge in [0.1, 0.15) is 11.6 Å². The van der Waals surface area contributed by atoms with Gasteiger partial charge in [0.25, 0.3) is 0 Å². The van der Waals surface area contributed by atoms with Crippen LogP contribution in [0.25, 0.3) is 17.1 Å². The number of benzene rings is 2. The van der Waals surface area contributed by atoms with Crippen molar-refractivity contribution in [2.75, 3.05) is 7.11 Å². The number of rotatable bonds is 3. The van der Waals surface area contributed by atoms with Crippen LogP contribution in [0, 0.1) is 6.92 Å². The van der Waals surface area contributed by atoms with Crippen LogP contribution < -0.4 is 4.74 Å². The molecule has 0 fully saturated rings. The van der Waals surface area contributed by atoms with Gasteiger partial charge in [0.05, 0.1) is 7.11 Å². The molecule has 1 aromatic heterocycles. The summed E-state index contributed by atoms with van der Waals surface area (Å²) >= 11 is 3.45. The molecule has 1 heterocycles. The second-order valence-corrected chi connectivity index (χ2v) is 5.53. The molecule has 0 radical (unpaired) electrons. The van der Waals surface area contributed by atoms with Gasteiger partial charge in [-0.3, -0.25) is 4.57 Å². The Morgan fingerprint density at radius 3 is 2.24 bits per heavy atom. The molecule has 2 aromatic carbocycles. The van der Waals surface area contributed by atoms with E-state index >= 15 is 0 Å². The Morgan fingerprint density at radius 2 is 1.62 bits per heavy atom. The van der Waals surface area contributed by atoms with E-state index in [9.17, 15) is 0 Å². The SMILES string of the molecule is COc1ccc(-n2c(C)nnc2-c2ccc(Br)cc2)cc1. The molecule has 3 aromatic rings. The highest BCUT2D eigenvalue weighted by Gasteiger charge is 2.12. The Balaban J connectivity index is 2.09. The molecule has 106 valence electrons. The van der Waals surface area contributed by atoms with E-state index in [1.165, 1.54) is 0 Å². The van der Waals surface area contributed by atoms with Gasteiger partial charge in [-0.2, -0.15) is 0 Å². The first-order chi connectivity index (χ1) is 10.2. The third kappa shape index (κ3) is 2.69. The first-order valence-electron chi connectivity index (χ1n) is 6.51. The summed E-state index contributed by atoms with van der Waals surface area (Å²) < 4.78 is 8.27. The van der Waals surface area contributed by atoms with Crippen LogP contribution in [-0.4, -0.2) is 21.9 Å². The Labute approximate surface area is 131 Å². The average molecular weight is 344 g/mol. The molecule has 0 saturated carbocycles. The Bertz CT molecular complexity index is 748. The van der Waals surface area contributed by atoms with E-state index in [0.717, 1.165) is 33.1 Å². The topological polar surface area (TPSA) is 39.9 Å². The number of hydrogen-bond donors (Lipinski definition) is 0. The highest BCUT2D eigenvalue weighted by atomic mass is 79.9. The highest BCUT2D eigenvalue weighted by molar-refractivity contribution is 9.10.